The number of hydrogen-bond acceptors (Lipinski definition) is 5. The van der Waals surface area contributed by atoms with E-state index in [0.717, 1.165) is 19.3 Å². The summed E-state index contributed by atoms with van der Waals surface area (Å²) in [6.45, 7) is 4.28. The van der Waals surface area contributed by atoms with E-state index in [4.69, 9.17) is 11.1 Å². The van der Waals surface area contributed by atoms with Crippen LogP contribution in [0.5, 0.6) is 0 Å². The number of nitrogens with one attached hydrogen (secondary N) is 2. The number of aromatic nitrogens is 2. The minimum Gasteiger partial charge on any atom is -0.383 e. The summed E-state index contributed by atoms with van der Waals surface area (Å²) >= 11 is 0. The SMILES string of the molecule is CCCC(CC)Nc1ncnc(N)c1C=N. The first-order chi connectivity index (χ1) is 7.72. The topological polar surface area (TPSA) is 87.7 Å². The van der Waals surface area contributed by atoms with E-state index < -0.39 is 0 Å². The average molecular weight is 221 g/mol. The van der Waals surface area contributed by atoms with E-state index in [-0.39, 0.29) is 0 Å². The van der Waals surface area contributed by atoms with Crippen molar-refractivity contribution in [1.82, 2.24) is 9.97 Å². The fourth-order valence-electron chi connectivity index (χ4n) is 1.59. The summed E-state index contributed by atoms with van der Waals surface area (Å²) in [4.78, 5) is 7.99. The molecule has 0 saturated carbocycles. The van der Waals surface area contributed by atoms with Gasteiger partial charge in [-0.1, -0.05) is 20.3 Å². The zero-order chi connectivity index (χ0) is 12.0. The molecule has 1 heterocycles. The lowest BCUT2D eigenvalue weighted by atomic mass is 10.1. The van der Waals surface area contributed by atoms with Crippen LogP contribution in [0.1, 0.15) is 38.7 Å². The second kappa shape index (κ2) is 6.05. The van der Waals surface area contributed by atoms with Gasteiger partial charge in [-0.25, -0.2) is 9.97 Å². The summed E-state index contributed by atoms with van der Waals surface area (Å²) in [6, 6.07) is 0.373. The van der Waals surface area contributed by atoms with Crippen molar-refractivity contribution in [3.63, 3.8) is 0 Å². The van der Waals surface area contributed by atoms with Crippen molar-refractivity contribution >= 4 is 17.9 Å². The first-order valence-electron chi connectivity index (χ1n) is 5.60. The average Bonchev–Trinajstić information content (AvgIpc) is 2.28. The van der Waals surface area contributed by atoms with Crippen LogP contribution in [0, 0.1) is 5.41 Å². The molecule has 16 heavy (non-hydrogen) atoms. The highest BCUT2D eigenvalue weighted by atomic mass is 15.1. The lowest BCUT2D eigenvalue weighted by molar-refractivity contribution is 0.620. The molecule has 0 spiro atoms. The maximum absolute atomic E-state index is 7.30. The number of anilines is 2. The molecule has 0 amide bonds. The molecule has 1 rings (SSSR count). The van der Waals surface area contributed by atoms with Crippen molar-refractivity contribution in [3.05, 3.63) is 11.9 Å². The van der Waals surface area contributed by atoms with Gasteiger partial charge in [-0.15, -0.1) is 0 Å². The molecule has 1 atom stereocenters. The second-order valence-corrected chi connectivity index (χ2v) is 3.70. The van der Waals surface area contributed by atoms with E-state index >= 15 is 0 Å². The molecule has 0 saturated heterocycles. The van der Waals surface area contributed by atoms with Gasteiger partial charge in [0.15, 0.2) is 0 Å². The Morgan fingerprint density at radius 3 is 2.81 bits per heavy atom. The summed E-state index contributed by atoms with van der Waals surface area (Å²) in [6.07, 6.45) is 5.83. The monoisotopic (exact) mass is 221 g/mol. The minimum absolute atomic E-state index is 0.346. The largest absolute Gasteiger partial charge is 0.383 e. The highest BCUT2D eigenvalue weighted by Crippen LogP contribution is 2.17. The van der Waals surface area contributed by atoms with Crippen molar-refractivity contribution in [2.45, 2.75) is 39.2 Å². The van der Waals surface area contributed by atoms with E-state index in [1.165, 1.54) is 12.5 Å². The molecular formula is C11H19N5. The zero-order valence-electron chi connectivity index (χ0n) is 9.83. The van der Waals surface area contributed by atoms with Crippen molar-refractivity contribution in [2.75, 3.05) is 11.1 Å². The van der Waals surface area contributed by atoms with Crippen LogP contribution >= 0.6 is 0 Å². The molecule has 0 fully saturated rings. The third-order valence-corrected chi connectivity index (χ3v) is 2.53. The first-order valence-corrected chi connectivity index (χ1v) is 5.60. The molecule has 0 radical (unpaired) electrons. The predicted molar refractivity (Wildman–Crippen MR) is 66.9 cm³/mol. The Labute approximate surface area is 96.0 Å². The quantitative estimate of drug-likeness (QED) is 0.641. The lowest BCUT2D eigenvalue weighted by Gasteiger charge is -2.18. The van der Waals surface area contributed by atoms with E-state index in [2.05, 4.69) is 29.1 Å². The highest BCUT2D eigenvalue weighted by molar-refractivity contribution is 5.89. The summed E-state index contributed by atoms with van der Waals surface area (Å²) in [7, 11) is 0. The Morgan fingerprint density at radius 2 is 2.25 bits per heavy atom. The van der Waals surface area contributed by atoms with Crippen LogP contribution in [-0.2, 0) is 0 Å². The summed E-state index contributed by atoms with van der Waals surface area (Å²) < 4.78 is 0. The number of nitrogens with zero attached hydrogens (tertiary/aromatic N) is 2. The molecule has 0 aliphatic carbocycles. The third kappa shape index (κ3) is 2.92. The van der Waals surface area contributed by atoms with Crippen molar-refractivity contribution in [1.29, 1.82) is 5.41 Å². The molecule has 0 aliphatic heterocycles. The van der Waals surface area contributed by atoms with Gasteiger partial charge in [0, 0.05) is 12.3 Å². The Kier molecular flexibility index (Phi) is 4.69. The van der Waals surface area contributed by atoms with Gasteiger partial charge in [0.25, 0.3) is 0 Å². The van der Waals surface area contributed by atoms with E-state index in [1.807, 2.05) is 0 Å². The minimum atomic E-state index is 0.346. The van der Waals surface area contributed by atoms with Gasteiger partial charge < -0.3 is 16.5 Å². The lowest BCUT2D eigenvalue weighted by Crippen LogP contribution is -2.20. The summed E-state index contributed by atoms with van der Waals surface area (Å²) in [5.74, 6) is 1.00. The molecule has 88 valence electrons. The number of nitrogen functional groups attached to an aromatic ring is 1. The molecule has 1 unspecified atom stereocenters. The molecule has 0 aliphatic rings. The van der Waals surface area contributed by atoms with Gasteiger partial charge in [-0.2, -0.15) is 0 Å². The van der Waals surface area contributed by atoms with Gasteiger partial charge in [0.1, 0.15) is 18.0 Å². The van der Waals surface area contributed by atoms with Gasteiger partial charge in [0.2, 0.25) is 0 Å². The molecule has 1 aromatic rings. The molecule has 5 nitrogen and oxygen atoms in total. The number of hydrogen-bond donors (Lipinski definition) is 3. The first kappa shape index (κ1) is 12.4. The van der Waals surface area contributed by atoms with Gasteiger partial charge in [-0.05, 0) is 12.8 Å². The Bertz CT molecular complexity index is 350. The van der Waals surface area contributed by atoms with E-state index in [0.29, 0.717) is 23.2 Å². The molecule has 0 bridgehead atoms. The molecule has 1 aromatic heterocycles. The van der Waals surface area contributed by atoms with Crippen molar-refractivity contribution < 1.29 is 0 Å². The van der Waals surface area contributed by atoms with E-state index in [1.54, 1.807) is 0 Å². The predicted octanol–water partition coefficient (Wildman–Crippen LogP) is 2.05. The smallest absolute Gasteiger partial charge is 0.140 e. The van der Waals surface area contributed by atoms with Crippen molar-refractivity contribution in [3.8, 4) is 0 Å². The molecular weight excluding hydrogens is 202 g/mol. The van der Waals surface area contributed by atoms with Crippen LogP contribution in [0.3, 0.4) is 0 Å². The fourth-order valence-corrected chi connectivity index (χ4v) is 1.59. The van der Waals surface area contributed by atoms with Gasteiger partial charge >= 0.3 is 0 Å². The Hall–Kier alpha value is -1.65. The van der Waals surface area contributed by atoms with Gasteiger partial charge in [-0.3, -0.25) is 0 Å². The van der Waals surface area contributed by atoms with Crippen LogP contribution in [0.25, 0.3) is 0 Å². The van der Waals surface area contributed by atoms with Crippen LogP contribution in [-0.4, -0.2) is 22.2 Å². The Morgan fingerprint density at radius 1 is 1.50 bits per heavy atom. The summed E-state index contributed by atoms with van der Waals surface area (Å²) in [5.41, 5.74) is 6.25. The second-order valence-electron chi connectivity index (χ2n) is 3.70. The van der Waals surface area contributed by atoms with E-state index in [9.17, 15) is 0 Å². The Balaban J connectivity index is 2.86. The normalized spacial score (nSPS) is 12.1. The number of rotatable bonds is 6. The van der Waals surface area contributed by atoms with Crippen molar-refractivity contribution in [2.24, 2.45) is 0 Å². The van der Waals surface area contributed by atoms with Crippen LogP contribution in [0.2, 0.25) is 0 Å². The maximum Gasteiger partial charge on any atom is 0.140 e. The molecule has 5 heteroatoms. The van der Waals surface area contributed by atoms with Crippen LogP contribution < -0.4 is 11.1 Å². The number of nitrogens with two attached hydrogens (primary N) is 1. The van der Waals surface area contributed by atoms with Crippen LogP contribution in [0.15, 0.2) is 6.33 Å². The standard InChI is InChI=1S/C11H19N5/c1-3-5-8(4-2)16-11-9(6-12)10(13)14-7-15-11/h6-8,12H,3-5H2,1-2H3,(H3,13,14,15,16). The summed E-state index contributed by atoms with van der Waals surface area (Å²) in [5, 5.41) is 10.6. The van der Waals surface area contributed by atoms with Gasteiger partial charge in [0.05, 0.1) is 5.56 Å². The molecule has 0 aromatic carbocycles. The zero-order valence-corrected chi connectivity index (χ0v) is 9.83. The fraction of sp³-hybridized carbons (Fsp3) is 0.545. The molecule has 4 N–H and O–H groups in total. The highest BCUT2D eigenvalue weighted by Gasteiger charge is 2.10. The third-order valence-electron chi connectivity index (χ3n) is 2.53. The van der Waals surface area contributed by atoms with Crippen LogP contribution in [0.4, 0.5) is 11.6 Å². The maximum atomic E-state index is 7.30.